The molecule has 3 rings (SSSR count). The molecule has 1 aromatic heterocycles. The number of anilines is 1. The van der Waals surface area contributed by atoms with Crippen LogP contribution in [0.1, 0.15) is 36.7 Å². The van der Waals surface area contributed by atoms with Crippen molar-refractivity contribution in [2.75, 3.05) is 38.1 Å². The van der Waals surface area contributed by atoms with Crippen molar-refractivity contribution in [2.24, 2.45) is 0 Å². The minimum Gasteiger partial charge on any atom is -0.444 e. The lowest BCUT2D eigenvalue weighted by Gasteiger charge is -2.42. The third-order valence-electron chi connectivity index (χ3n) is 4.66. The summed E-state index contributed by atoms with van der Waals surface area (Å²) in [6, 6.07) is 0.560. The van der Waals surface area contributed by atoms with Gasteiger partial charge in [-0.3, -0.25) is 4.79 Å². The molecule has 0 radical (unpaired) electrons. The van der Waals surface area contributed by atoms with Crippen LogP contribution < -0.4 is 4.90 Å². The smallest absolute Gasteiger partial charge is 0.417 e. The number of alkyl halides is 3. The Hall–Kier alpha value is -2.52. The van der Waals surface area contributed by atoms with E-state index in [0.29, 0.717) is 13.1 Å². The molecule has 0 saturated carbocycles. The number of hydrogen-bond donors (Lipinski definition) is 0. The van der Waals surface area contributed by atoms with Gasteiger partial charge >= 0.3 is 12.3 Å². The molecule has 154 valence electrons. The Kier molecular flexibility index (Phi) is 4.93. The zero-order valence-electron chi connectivity index (χ0n) is 16.2. The molecule has 0 bridgehead atoms. The Morgan fingerprint density at radius 1 is 1.21 bits per heavy atom. The summed E-state index contributed by atoms with van der Waals surface area (Å²) >= 11 is 0. The second-order valence-electron chi connectivity index (χ2n) is 8.05. The molecule has 1 atom stereocenters. The molecule has 2 aliphatic heterocycles. The van der Waals surface area contributed by atoms with Crippen LogP contribution in [0, 0.1) is 0 Å². The Labute approximate surface area is 161 Å². The van der Waals surface area contributed by atoms with Crippen molar-refractivity contribution in [3.63, 3.8) is 0 Å². The summed E-state index contributed by atoms with van der Waals surface area (Å²) < 4.78 is 44.6. The standard InChI is InChI=1S/C18H23F3N4O3/c1-17(2,3)28-16(27)24-5-6-25-12(10-24)9-23(4)15(26)13-7-11(18(19,20)21)8-22-14(13)25/h7-8,12H,5-6,9-10H2,1-4H3. The van der Waals surface area contributed by atoms with Gasteiger partial charge in [0.1, 0.15) is 11.4 Å². The van der Waals surface area contributed by atoms with Gasteiger partial charge < -0.3 is 19.4 Å². The average molecular weight is 400 g/mol. The fourth-order valence-electron chi connectivity index (χ4n) is 3.39. The van der Waals surface area contributed by atoms with Crippen LogP contribution in [0.15, 0.2) is 12.3 Å². The fourth-order valence-corrected chi connectivity index (χ4v) is 3.39. The van der Waals surface area contributed by atoms with Crippen molar-refractivity contribution >= 4 is 17.8 Å². The first kappa shape index (κ1) is 20.2. The number of likely N-dealkylation sites (N-methyl/N-ethyl adjacent to an activating group) is 1. The zero-order valence-corrected chi connectivity index (χ0v) is 16.2. The Morgan fingerprint density at radius 2 is 1.89 bits per heavy atom. The summed E-state index contributed by atoms with van der Waals surface area (Å²) in [5.41, 5.74) is -1.67. The molecule has 1 unspecified atom stereocenters. The Balaban J connectivity index is 1.90. The highest BCUT2D eigenvalue weighted by molar-refractivity contribution is 5.99. The van der Waals surface area contributed by atoms with Crippen molar-refractivity contribution in [1.82, 2.24) is 14.8 Å². The van der Waals surface area contributed by atoms with Gasteiger partial charge in [-0.2, -0.15) is 13.2 Å². The molecule has 7 nitrogen and oxygen atoms in total. The van der Waals surface area contributed by atoms with E-state index < -0.39 is 29.3 Å². The van der Waals surface area contributed by atoms with E-state index in [1.807, 2.05) is 0 Å². The summed E-state index contributed by atoms with van der Waals surface area (Å²) in [6.07, 6.45) is -4.29. The first-order valence-electron chi connectivity index (χ1n) is 8.94. The van der Waals surface area contributed by atoms with Gasteiger partial charge in [0, 0.05) is 39.4 Å². The molecule has 0 N–H and O–H groups in total. The molecule has 10 heteroatoms. The molecule has 0 aromatic carbocycles. The van der Waals surface area contributed by atoms with Gasteiger partial charge in [0.25, 0.3) is 5.91 Å². The molecular formula is C18H23F3N4O3. The summed E-state index contributed by atoms with van der Waals surface area (Å²) in [4.78, 5) is 33.7. The molecule has 0 aliphatic carbocycles. The second kappa shape index (κ2) is 6.82. The lowest BCUT2D eigenvalue weighted by Crippen LogP contribution is -2.58. The van der Waals surface area contributed by atoms with Gasteiger partial charge in [0.2, 0.25) is 0 Å². The number of carbonyl (C=O) groups is 2. The number of carbonyl (C=O) groups excluding carboxylic acids is 2. The number of amides is 2. The number of nitrogens with zero attached hydrogens (tertiary/aromatic N) is 4. The number of fused-ring (bicyclic) bond motifs is 3. The third kappa shape index (κ3) is 4.00. The van der Waals surface area contributed by atoms with Gasteiger partial charge in [-0.15, -0.1) is 0 Å². The molecular weight excluding hydrogens is 377 g/mol. The highest BCUT2D eigenvalue weighted by Gasteiger charge is 2.40. The normalized spacial score (nSPS) is 20.5. The number of hydrogen-bond acceptors (Lipinski definition) is 5. The summed E-state index contributed by atoms with van der Waals surface area (Å²) in [6.45, 7) is 6.54. The molecule has 1 fully saturated rings. The number of pyridine rings is 1. The Morgan fingerprint density at radius 3 is 2.50 bits per heavy atom. The number of halogens is 3. The van der Waals surface area contributed by atoms with E-state index in [1.165, 1.54) is 11.9 Å². The molecule has 1 saturated heterocycles. The van der Waals surface area contributed by atoms with E-state index in [9.17, 15) is 22.8 Å². The van der Waals surface area contributed by atoms with Gasteiger partial charge in [-0.25, -0.2) is 9.78 Å². The quantitative estimate of drug-likeness (QED) is 0.670. The number of piperazine rings is 1. The largest absolute Gasteiger partial charge is 0.444 e. The van der Waals surface area contributed by atoms with Crippen LogP contribution in [0.4, 0.5) is 23.8 Å². The Bertz CT molecular complexity index is 791. The minimum atomic E-state index is -4.58. The van der Waals surface area contributed by atoms with E-state index in [0.717, 1.165) is 12.3 Å². The highest BCUT2D eigenvalue weighted by atomic mass is 19.4. The van der Waals surface area contributed by atoms with Crippen LogP contribution in [-0.2, 0) is 10.9 Å². The monoisotopic (exact) mass is 400 g/mol. The van der Waals surface area contributed by atoms with E-state index in [4.69, 9.17) is 4.74 Å². The molecule has 0 spiro atoms. The van der Waals surface area contributed by atoms with Crippen molar-refractivity contribution in [2.45, 2.75) is 38.6 Å². The molecule has 2 aliphatic rings. The number of aromatic nitrogens is 1. The van der Waals surface area contributed by atoms with Crippen molar-refractivity contribution in [3.8, 4) is 0 Å². The third-order valence-corrected chi connectivity index (χ3v) is 4.66. The maximum absolute atomic E-state index is 13.1. The van der Waals surface area contributed by atoms with Crippen LogP contribution in [0.25, 0.3) is 0 Å². The van der Waals surface area contributed by atoms with Crippen LogP contribution >= 0.6 is 0 Å². The lowest BCUT2D eigenvalue weighted by molar-refractivity contribution is -0.137. The highest BCUT2D eigenvalue weighted by Crippen LogP contribution is 2.34. The van der Waals surface area contributed by atoms with Crippen molar-refractivity contribution in [1.29, 1.82) is 0 Å². The van der Waals surface area contributed by atoms with Crippen LogP contribution in [0.5, 0.6) is 0 Å². The maximum Gasteiger partial charge on any atom is 0.417 e. The predicted molar refractivity (Wildman–Crippen MR) is 95.1 cm³/mol. The number of ether oxygens (including phenoxy) is 1. The summed E-state index contributed by atoms with van der Waals surface area (Å²) in [7, 11) is 1.53. The molecule has 2 amide bonds. The number of rotatable bonds is 0. The second-order valence-corrected chi connectivity index (χ2v) is 8.05. The fraction of sp³-hybridized carbons (Fsp3) is 0.611. The van der Waals surface area contributed by atoms with Crippen LogP contribution in [0.3, 0.4) is 0 Å². The van der Waals surface area contributed by atoms with Gasteiger partial charge in [0.05, 0.1) is 17.2 Å². The van der Waals surface area contributed by atoms with Gasteiger partial charge in [0.15, 0.2) is 0 Å². The van der Waals surface area contributed by atoms with Gasteiger partial charge in [-0.05, 0) is 26.8 Å². The topological polar surface area (TPSA) is 66.0 Å². The average Bonchev–Trinajstić information content (AvgIpc) is 2.67. The maximum atomic E-state index is 13.1. The zero-order chi connectivity index (χ0) is 20.9. The van der Waals surface area contributed by atoms with E-state index >= 15 is 0 Å². The molecule has 28 heavy (non-hydrogen) atoms. The summed E-state index contributed by atoms with van der Waals surface area (Å²) in [5, 5.41) is 0. The summed E-state index contributed by atoms with van der Waals surface area (Å²) in [5.74, 6) is -0.303. The first-order chi connectivity index (χ1) is 12.9. The van der Waals surface area contributed by atoms with Crippen molar-refractivity contribution < 1.29 is 27.5 Å². The van der Waals surface area contributed by atoms with E-state index in [2.05, 4.69) is 4.98 Å². The molecule has 1 aromatic rings. The first-order valence-corrected chi connectivity index (χ1v) is 8.94. The van der Waals surface area contributed by atoms with Gasteiger partial charge in [-0.1, -0.05) is 0 Å². The van der Waals surface area contributed by atoms with Crippen LogP contribution in [-0.4, -0.2) is 71.7 Å². The predicted octanol–water partition coefficient (Wildman–Crippen LogP) is 2.61. The van der Waals surface area contributed by atoms with Crippen molar-refractivity contribution in [3.05, 3.63) is 23.4 Å². The lowest BCUT2D eigenvalue weighted by atomic mass is 10.1. The SMILES string of the molecule is CN1CC2CN(C(=O)OC(C)(C)C)CCN2c2ncc(C(F)(F)F)cc2C1=O. The minimum absolute atomic E-state index is 0.0782. The van der Waals surface area contributed by atoms with E-state index in [-0.39, 0.29) is 30.5 Å². The van der Waals surface area contributed by atoms with E-state index in [1.54, 1.807) is 30.6 Å². The van der Waals surface area contributed by atoms with Crippen LogP contribution in [0.2, 0.25) is 0 Å². The molecule has 3 heterocycles.